The van der Waals surface area contributed by atoms with Gasteiger partial charge >= 0.3 is 0 Å². The van der Waals surface area contributed by atoms with Crippen molar-refractivity contribution < 1.29 is 4.79 Å². The molecule has 0 aromatic heterocycles. The summed E-state index contributed by atoms with van der Waals surface area (Å²) in [4.78, 5) is 14.1. The first-order valence-corrected chi connectivity index (χ1v) is 6.96. The van der Waals surface area contributed by atoms with E-state index in [-0.39, 0.29) is 11.9 Å². The van der Waals surface area contributed by atoms with Gasteiger partial charge in [-0.3, -0.25) is 9.69 Å². The highest BCUT2D eigenvalue weighted by molar-refractivity contribution is 5.82. The smallest absolute Gasteiger partial charge is 0.238 e. The molecule has 0 aromatic rings. The molecule has 2 fully saturated rings. The van der Waals surface area contributed by atoms with Gasteiger partial charge in [-0.05, 0) is 19.4 Å². The van der Waals surface area contributed by atoms with Crippen molar-refractivity contribution in [3.8, 4) is 0 Å². The molecule has 1 unspecified atom stereocenters. The molecule has 1 amide bonds. The van der Waals surface area contributed by atoms with Crippen molar-refractivity contribution in [2.24, 2.45) is 5.92 Å². The number of amides is 1. The first-order chi connectivity index (χ1) is 8.27. The summed E-state index contributed by atoms with van der Waals surface area (Å²) in [5.74, 6) is 1.05. The molecule has 0 spiro atoms. The number of likely N-dealkylation sites (N-methyl/N-ethyl adjacent to an activating group) is 1. The summed E-state index contributed by atoms with van der Waals surface area (Å²) in [6, 6.07) is 0.0207. The average molecular weight is 239 g/mol. The fourth-order valence-electron chi connectivity index (χ4n) is 2.92. The number of hydrogen-bond acceptors (Lipinski definition) is 3. The molecule has 1 aliphatic carbocycles. The lowest BCUT2D eigenvalue weighted by molar-refractivity contribution is -0.126. The fraction of sp³-hybridized carbons (Fsp3) is 0.923. The predicted octanol–water partition coefficient (Wildman–Crippen LogP) is 0.586. The number of hydrogen-bond donors (Lipinski definition) is 2. The summed E-state index contributed by atoms with van der Waals surface area (Å²) in [5.41, 5.74) is 0. The zero-order chi connectivity index (χ0) is 12.1. The molecule has 0 radical (unpaired) electrons. The van der Waals surface area contributed by atoms with Crippen LogP contribution in [0.4, 0.5) is 0 Å². The Morgan fingerprint density at radius 3 is 2.88 bits per heavy atom. The second-order valence-corrected chi connectivity index (χ2v) is 5.43. The highest BCUT2D eigenvalue weighted by Crippen LogP contribution is 2.26. The standard InChI is InChI=1S/C13H25N3O/c1-16-9-8-14-10-12(16)13(17)15-7-6-11-4-2-3-5-11/h11-12,14H,2-10H2,1H3,(H,15,17). The van der Waals surface area contributed by atoms with E-state index >= 15 is 0 Å². The lowest BCUT2D eigenvalue weighted by Crippen LogP contribution is -2.56. The third-order valence-electron chi connectivity index (χ3n) is 4.14. The monoisotopic (exact) mass is 239 g/mol. The van der Waals surface area contributed by atoms with Crippen LogP contribution >= 0.6 is 0 Å². The van der Waals surface area contributed by atoms with E-state index in [9.17, 15) is 4.79 Å². The number of nitrogens with zero attached hydrogens (tertiary/aromatic N) is 1. The second-order valence-electron chi connectivity index (χ2n) is 5.43. The van der Waals surface area contributed by atoms with Crippen molar-refractivity contribution >= 4 is 5.91 Å². The summed E-state index contributed by atoms with van der Waals surface area (Å²) < 4.78 is 0. The Balaban J connectivity index is 1.65. The summed E-state index contributed by atoms with van der Waals surface area (Å²) in [6.45, 7) is 3.59. The molecule has 0 bridgehead atoms. The zero-order valence-corrected chi connectivity index (χ0v) is 10.9. The van der Waals surface area contributed by atoms with E-state index in [0.29, 0.717) is 0 Å². The van der Waals surface area contributed by atoms with Crippen LogP contribution in [0.3, 0.4) is 0 Å². The molecular formula is C13H25N3O. The van der Waals surface area contributed by atoms with E-state index in [0.717, 1.165) is 38.5 Å². The number of rotatable bonds is 4. The molecule has 1 saturated heterocycles. The largest absolute Gasteiger partial charge is 0.355 e. The fourth-order valence-corrected chi connectivity index (χ4v) is 2.92. The van der Waals surface area contributed by atoms with E-state index in [1.54, 1.807) is 0 Å². The quantitative estimate of drug-likeness (QED) is 0.754. The first kappa shape index (κ1) is 12.8. The minimum Gasteiger partial charge on any atom is -0.355 e. The maximum absolute atomic E-state index is 12.0. The molecule has 1 saturated carbocycles. The number of carbonyl (C=O) groups excluding carboxylic acids is 1. The van der Waals surface area contributed by atoms with Crippen LogP contribution in [0.25, 0.3) is 0 Å². The van der Waals surface area contributed by atoms with Crippen molar-refractivity contribution in [1.29, 1.82) is 0 Å². The molecule has 2 rings (SSSR count). The average Bonchev–Trinajstić information content (AvgIpc) is 2.82. The van der Waals surface area contributed by atoms with Crippen molar-refractivity contribution in [3.05, 3.63) is 0 Å². The van der Waals surface area contributed by atoms with E-state index in [1.165, 1.54) is 25.7 Å². The van der Waals surface area contributed by atoms with Crippen LogP contribution in [-0.4, -0.2) is 50.1 Å². The molecule has 1 atom stereocenters. The first-order valence-electron chi connectivity index (χ1n) is 6.96. The van der Waals surface area contributed by atoms with E-state index in [2.05, 4.69) is 15.5 Å². The molecule has 4 heteroatoms. The summed E-state index contributed by atoms with van der Waals surface area (Å²) >= 11 is 0. The van der Waals surface area contributed by atoms with Gasteiger partial charge in [0.25, 0.3) is 0 Å². The lowest BCUT2D eigenvalue weighted by atomic mass is 10.0. The molecule has 17 heavy (non-hydrogen) atoms. The van der Waals surface area contributed by atoms with Gasteiger partial charge < -0.3 is 10.6 Å². The minimum atomic E-state index is 0.0207. The van der Waals surface area contributed by atoms with Gasteiger partial charge in [0, 0.05) is 26.2 Å². The molecule has 1 heterocycles. The van der Waals surface area contributed by atoms with Gasteiger partial charge in [0.15, 0.2) is 0 Å². The molecule has 98 valence electrons. The Labute approximate surface area is 104 Å². The highest BCUT2D eigenvalue weighted by atomic mass is 16.2. The van der Waals surface area contributed by atoms with Gasteiger partial charge in [0.2, 0.25) is 5.91 Å². The van der Waals surface area contributed by atoms with Crippen LogP contribution in [-0.2, 0) is 4.79 Å². The Bertz CT molecular complexity index is 251. The third kappa shape index (κ3) is 3.68. The van der Waals surface area contributed by atoms with Crippen LogP contribution in [0.15, 0.2) is 0 Å². The van der Waals surface area contributed by atoms with Gasteiger partial charge in [0.05, 0.1) is 0 Å². The van der Waals surface area contributed by atoms with Gasteiger partial charge in [-0.2, -0.15) is 0 Å². The lowest BCUT2D eigenvalue weighted by Gasteiger charge is -2.31. The van der Waals surface area contributed by atoms with Gasteiger partial charge in [-0.25, -0.2) is 0 Å². The molecule has 2 N–H and O–H groups in total. The Hall–Kier alpha value is -0.610. The maximum Gasteiger partial charge on any atom is 0.238 e. The summed E-state index contributed by atoms with van der Waals surface area (Å²) in [5, 5.41) is 6.36. The second kappa shape index (κ2) is 6.36. The minimum absolute atomic E-state index is 0.0207. The summed E-state index contributed by atoms with van der Waals surface area (Å²) in [7, 11) is 2.03. The van der Waals surface area contributed by atoms with Crippen LogP contribution in [0.2, 0.25) is 0 Å². The predicted molar refractivity (Wildman–Crippen MR) is 68.9 cm³/mol. The van der Waals surface area contributed by atoms with Crippen molar-refractivity contribution in [3.63, 3.8) is 0 Å². The Kier molecular flexibility index (Phi) is 4.80. The van der Waals surface area contributed by atoms with Crippen LogP contribution < -0.4 is 10.6 Å². The third-order valence-corrected chi connectivity index (χ3v) is 4.14. The highest BCUT2D eigenvalue weighted by Gasteiger charge is 2.25. The van der Waals surface area contributed by atoms with Crippen molar-refractivity contribution in [1.82, 2.24) is 15.5 Å². The maximum atomic E-state index is 12.0. The summed E-state index contributed by atoms with van der Waals surface area (Å²) in [6.07, 6.45) is 6.65. The Morgan fingerprint density at radius 1 is 1.41 bits per heavy atom. The van der Waals surface area contributed by atoms with Gasteiger partial charge in [-0.15, -0.1) is 0 Å². The van der Waals surface area contributed by atoms with Gasteiger partial charge in [-0.1, -0.05) is 25.7 Å². The van der Waals surface area contributed by atoms with Crippen molar-refractivity contribution in [2.75, 3.05) is 33.2 Å². The van der Waals surface area contributed by atoms with Crippen molar-refractivity contribution in [2.45, 2.75) is 38.1 Å². The molecule has 0 aromatic carbocycles. The van der Waals surface area contributed by atoms with E-state index < -0.39 is 0 Å². The number of carbonyl (C=O) groups is 1. The molecular weight excluding hydrogens is 214 g/mol. The van der Waals surface area contributed by atoms with E-state index in [4.69, 9.17) is 0 Å². The zero-order valence-electron chi connectivity index (χ0n) is 10.9. The SMILES string of the molecule is CN1CCNCC1C(=O)NCCC1CCCC1. The molecule has 2 aliphatic rings. The van der Waals surface area contributed by atoms with Gasteiger partial charge in [0.1, 0.15) is 6.04 Å². The van der Waals surface area contributed by atoms with Crippen LogP contribution in [0.5, 0.6) is 0 Å². The van der Waals surface area contributed by atoms with E-state index in [1.807, 2.05) is 7.05 Å². The number of nitrogens with one attached hydrogen (secondary N) is 2. The molecule has 4 nitrogen and oxygen atoms in total. The topological polar surface area (TPSA) is 44.4 Å². The Morgan fingerprint density at radius 2 is 2.18 bits per heavy atom. The molecule has 1 aliphatic heterocycles. The van der Waals surface area contributed by atoms with Crippen LogP contribution in [0, 0.1) is 5.92 Å². The van der Waals surface area contributed by atoms with Crippen LogP contribution in [0.1, 0.15) is 32.1 Å². The normalized spacial score (nSPS) is 27.2. The number of piperazine rings is 1.